The second-order valence-corrected chi connectivity index (χ2v) is 5.40. The van der Waals surface area contributed by atoms with E-state index in [1.165, 1.54) is 0 Å². The maximum atomic E-state index is 5.50. The Morgan fingerprint density at radius 3 is 2.27 bits per heavy atom. The Balaban J connectivity index is 3.37. The first-order valence-electron chi connectivity index (χ1n) is 5.86. The van der Waals surface area contributed by atoms with Gasteiger partial charge in [-0.05, 0) is 41.7 Å². The number of nitrogens with one attached hydrogen (secondary N) is 1. The van der Waals surface area contributed by atoms with Crippen molar-refractivity contribution in [2.75, 3.05) is 33.3 Å². The average Bonchev–Trinajstić information content (AvgIpc) is 2.00. The van der Waals surface area contributed by atoms with Gasteiger partial charge in [-0.1, -0.05) is 0 Å². The smallest absolute Gasteiger partial charge is 0.0596 e. The van der Waals surface area contributed by atoms with Crippen LogP contribution in [0.4, 0.5) is 0 Å². The zero-order valence-electron chi connectivity index (χ0n) is 11.3. The minimum Gasteiger partial charge on any atom is -0.377 e. The molecule has 3 nitrogen and oxygen atoms in total. The molecule has 0 atom stereocenters. The SMILES string of the molecule is CC(C)OCCN(C)CCNC(C)(C)C. The van der Waals surface area contributed by atoms with Gasteiger partial charge in [-0.3, -0.25) is 0 Å². The summed E-state index contributed by atoms with van der Waals surface area (Å²) in [7, 11) is 2.13. The summed E-state index contributed by atoms with van der Waals surface area (Å²) in [5.41, 5.74) is 0.218. The summed E-state index contributed by atoms with van der Waals surface area (Å²) in [6.07, 6.45) is 0.339. The predicted octanol–water partition coefficient (Wildman–Crippen LogP) is 1.73. The fourth-order valence-electron chi connectivity index (χ4n) is 1.18. The van der Waals surface area contributed by atoms with E-state index in [4.69, 9.17) is 4.74 Å². The molecule has 0 bridgehead atoms. The molecule has 0 aliphatic rings. The summed E-state index contributed by atoms with van der Waals surface area (Å²) in [5.74, 6) is 0. The van der Waals surface area contributed by atoms with Gasteiger partial charge in [-0.25, -0.2) is 0 Å². The van der Waals surface area contributed by atoms with Crippen molar-refractivity contribution in [3.63, 3.8) is 0 Å². The van der Waals surface area contributed by atoms with E-state index in [0.29, 0.717) is 6.10 Å². The van der Waals surface area contributed by atoms with Gasteiger partial charge in [0.15, 0.2) is 0 Å². The van der Waals surface area contributed by atoms with Crippen molar-refractivity contribution in [3.8, 4) is 0 Å². The van der Waals surface area contributed by atoms with Crippen LogP contribution in [0.5, 0.6) is 0 Å². The third-order valence-electron chi connectivity index (χ3n) is 2.07. The Morgan fingerprint density at radius 2 is 1.80 bits per heavy atom. The average molecular weight is 216 g/mol. The van der Waals surface area contributed by atoms with Gasteiger partial charge in [0.05, 0.1) is 12.7 Å². The molecule has 0 aromatic carbocycles. The lowest BCUT2D eigenvalue weighted by Gasteiger charge is -2.23. The lowest BCUT2D eigenvalue weighted by molar-refractivity contribution is 0.0638. The van der Waals surface area contributed by atoms with Gasteiger partial charge in [-0.2, -0.15) is 0 Å². The molecule has 0 rings (SSSR count). The van der Waals surface area contributed by atoms with Gasteiger partial charge in [0.2, 0.25) is 0 Å². The Bertz CT molecular complexity index is 152. The molecule has 0 spiro atoms. The number of hydrogen-bond acceptors (Lipinski definition) is 3. The summed E-state index contributed by atoms with van der Waals surface area (Å²) in [4.78, 5) is 2.29. The molecule has 0 radical (unpaired) electrons. The molecule has 0 unspecified atom stereocenters. The molecule has 0 fully saturated rings. The van der Waals surface area contributed by atoms with Crippen LogP contribution in [0.2, 0.25) is 0 Å². The minimum atomic E-state index is 0.218. The van der Waals surface area contributed by atoms with E-state index in [2.05, 4.69) is 51.9 Å². The zero-order valence-corrected chi connectivity index (χ0v) is 11.3. The van der Waals surface area contributed by atoms with Crippen molar-refractivity contribution in [1.29, 1.82) is 0 Å². The highest BCUT2D eigenvalue weighted by Gasteiger charge is 2.08. The van der Waals surface area contributed by atoms with Crippen molar-refractivity contribution in [2.45, 2.75) is 46.3 Å². The van der Waals surface area contributed by atoms with Gasteiger partial charge in [0.25, 0.3) is 0 Å². The van der Waals surface area contributed by atoms with Crippen LogP contribution in [-0.4, -0.2) is 49.8 Å². The molecule has 0 saturated carbocycles. The first kappa shape index (κ1) is 14.9. The molecule has 0 aromatic rings. The standard InChI is InChI=1S/C12H28N2O/c1-11(2)15-10-9-14(6)8-7-13-12(3,4)5/h11,13H,7-10H2,1-6H3. The van der Waals surface area contributed by atoms with E-state index in [1.807, 2.05) is 0 Å². The quantitative estimate of drug-likeness (QED) is 0.701. The number of ether oxygens (including phenoxy) is 1. The minimum absolute atomic E-state index is 0.218. The third-order valence-corrected chi connectivity index (χ3v) is 2.07. The molecule has 0 aliphatic carbocycles. The first-order chi connectivity index (χ1) is 6.81. The third kappa shape index (κ3) is 11.8. The largest absolute Gasteiger partial charge is 0.377 e. The topological polar surface area (TPSA) is 24.5 Å². The van der Waals surface area contributed by atoms with Crippen LogP contribution in [0.15, 0.2) is 0 Å². The predicted molar refractivity (Wildman–Crippen MR) is 66.3 cm³/mol. The van der Waals surface area contributed by atoms with E-state index in [0.717, 1.165) is 26.2 Å². The summed E-state index contributed by atoms with van der Waals surface area (Å²) in [6, 6.07) is 0. The Labute approximate surface area is 95.2 Å². The summed E-state index contributed by atoms with van der Waals surface area (Å²) >= 11 is 0. The molecule has 0 aromatic heterocycles. The summed E-state index contributed by atoms with van der Waals surface area (Å²) in [6.45, 7) is 14.6. The van der Waals surface area contributed by atoms with E-state index < -0.39 is 0 Å². The highest BCUT2D eigenvalue weighted by molar-refractivity contribution is 4.70. The van der Waals surface area contributed by atoms with Gasteiger partial charge < -0.3 is 15.0 Å². The van der Waals surface area contributed by atoms with Crippen molar-refractivity contribution >= 4 is 0 Å². The molecule has 1 N–H and O–H groups in total. The molecule has 0 amide bonds. The van der Waals surface area contributed by atoms with E-state index >= 15 is 0 Å². The molecule has 92 valence electrons. The Hall–Kier alpha value is -0.120. The van der Waals surface area contributed by atoms with Crippen LogP contribution in [0.3, 0.4) is 0 Å². The van der Waals surface area contributed by atoms with E-state index in [-0.39, 0.29) is 5.54 Å². The fraction of sp³-hybridized carbons (Fsp3) is 1.00. The van der Waals surface area contributed by atoms with Crippen LogP contribution in [0.25, 0.3) is 0 Å². The van der Waals surface area contributed by atoms with Crippen molar-refractivity contribution in [3.05, 3.63) is 0 Å². The normalized spacial score (nSPS) is 12.8. The lowest BCUT2D eigenvalue weighted by Crippen LogP contribution is -2.41. The monoisotopic (exact) mass is 216 g/mol. The van der Waals surface area contributed by atoms with Crippen LogP contribution < -0.4 is 5.32 Å². The van der Waals surface area contributed by atoms with Gasteiger partial charge in [-0.15, -0.1) is 0 Å². The Kier molecular flexibility index (Phi) is 7.14. The molecular formula is C12H28N2O. The highest BCUT2D eigenvalue weighted by Crippen LogP contribution is 1.97. The second kappa shape index (κ2) is 7.20. The first-order valence-corrected chi connectivity index (χ1v) is 5.86. The van der Waals surface area contributed by atoms with Crippen LogP contribution in [0, 0.1) is 0 Å². The lowest BCUT2D eigenvalue weighted by atomic mass is 10.1. The fourth-order valence-corrected chi connectivity index (χ4v) is 1.18. The number of rotatable bonds is 7. The maximum Gasteiger partial charge on any atom is 0.0596 e. The molecule has 3 heteroatoms. The zero-order chi connectivity index (χ0) is 11.9. The number of hydrogen-bond donors (Lipinski definition) is 1. The summed E-state index contributed by atoms with van der Waals surface area (Å²) in [5, 5.41) is 3.47. The number of nitrogens with zero attached hydrogens (tertiary/aromatic N) is 1. The van der Waals surface area contributed by atoms with Gasteiger partial charge in [0, 0.05) is 25.2 Å². The van der Waals surface area contributed by atoms with Gasteiger partial charge >= 0.3 is 0 Å². The van der Waals surface area contributed by atoms with Crippen molar-refractivity contribution in [1.82, 2.24) is 10.2 Å². The molecular weight excluding hydrogens is 188 g/mol. The molecule has 0 saturated heterocycles. The maximum absolute atomic E-state index is 5.50. The van der Waals surface area contributed by atoms with Crippen molar-refractivity contribution < 1.29 is 4.74 Å². The Morgan fingerprint density at radius 1 is 1.20 bits per heavy atom. The van der Waals surface area contributed by atoms with E-state index in [1.54, 1.807) is 0 Å². The van der Waals surface area contributed by atoms with Crippen molar-refractivity contribution in [2.24, 2.45) is 0 Å². The van der Waals surface area contributed by atoms with Crippen LogP contribution in [0.1, 0.15) is 34.6 Å². The highest BCUT2D eigenvalue weighted by atomic mass is 16.5. The van der Waals surface area contributed by atoms with Crippen LogP contribution >= 0.6 is 0 Å². The molecule has 0 heterocycles. The molecule has 15 heavy (non-hydrogen) atoms. The van der Waals surface area contributed by atoms with E-state index in [9.17, 15) is 0 Å². The van der Waals surface area contributed by atoms with Crippen LogP contribution in [-0.2, 0) is 4.74 Å². The van der Waals surface area contributed by atoms with Gasteiger partial charge in [0.1, 0.15) is 0 Å². The second-order valence-electron chi connectivity index (χ2n) is 5.40. The molecule has 0 aliphatic heterocycles. The number of likely N-dealkylation sites (N-methyl/N-ethyl adjacent to an activating group) is 1. The summed E-state index contributed by atoms with van der Waals surface area (Å²) < 4.78 is 5.50.